The van der Waals surface area contributed by atoms with Gasteiger partial charge in [0, 0.05) is 24.3 Å². The standard InChI is InChI=1S/C28H27ClN6O4S/c1-28(2,3)39-24(36)13-40-27-32-22-12-21(29)25(33-26(22)34-27)18-7-5-17(6-8-18)20-10-9-19(35-15-30-14-31-35)11-23(20)38-16-37-4/h5-12,14-15H,13,16H2,1-4H3,(H,32,33,34). The minimum absolute atomic E-state index is 0.104. The summed E-state index contributed by atoms with van der Waals surface area (Å²) < 4.78 is 18.0. The van der Waals surface area contributed by atoms with Gasteiger partial charge in [-0.15, -0.1) is 0 Å². The fourth-order valence-electron chi connectivity index (χ4n) is 3.95. The Hall–Kier alpha value is -3.93. The van der Waals surface area contributed by atoms with Crippen LogP contribution in [0.3, 0.4) is 0 Å². The third-order valence-corrected chi connectivity index (χ3v) is 6.74. The van der Waals surface area contributed by atoms with Gasteiger partial charge in [-0.05, 0) is 44.5 Å². The summed E-state index contributed by atoms with van der Waals surface area (Å²) in [6.45, 7) is 5.61. The van der Waals surface area contributed by atoms with Crippen molar-refractivity contribution in [2.45, 2.75) is 31.5 Å². The van der Waals surface area contributed by atoms with E-state index in [9.17, 15) is 4.79 Å². The molecule has 1 N–H and O–H groups in total. The van der Waals surface area contributed by atoms with Crippen LogP contribution < -0.4 is 4.74 Å². The maximum absolute atomic E-state index is 12.1. The first-order valence-corrected chi connectivity index (χ1v) is 13.7. The summed E-state index contributed by atoms with van der Waals surface area (Å²) in [4.78, 5) is 28.5. The highest BCUT2D eigenvalue weighted by Gasteiger charge is 2.18. The maximum Gasteiger partial charge on any atom is 0.316 e. The van der Waals surface area contributed by atoms with Crippen LogP contribution in [0.2, 0.25) is 5.02 Å². The largest absolute Gasteiger partial charge is 0.467 e. The highest BCUT2D eigenvalue weighted by Crippen LogP contribution is 2.35. The molecular formula is C28H27ClN6O4S. The van der Waals surface area contributed by atoms with Gasteiger partial charge in [-0.25, -0.2) is 19.6 Å². The molecule has 3 aromatic heterocycles. The van der Waals surface area contributed by atoms with Crippen molar-refractivity contribution in [3.8, 4) is 33.8 Å². The van der Waals surface area contributed by atoms with Gasteiger partial charge in [0.05, 0.1) is 27.7 Å². The molecule has 2 aromatic carbocycles. The van der Waals surface area contributed by atoms with Gasteiger partial charge in [0.2, 0.25) is 0 Å². The van der Waals surface area contributed by atoms with Crippen LogP contribution in [0.1, 0.15) is 20.8 Å². The van der Waals surface area contributed by atoms with Crippen LogP contribution >= 0.6 is 23.4 Å². The van der Waals surface area contributed by atoms with Gasteiger partial charge in [-0.2, -0.15) is 5.10 Å². The number of fused-ring (bicyclic) bond motifs is 1. The Labute approximate surface area is 240 Å². The Balaban J connectivity index is 1.38. The summed E-state index contributed by atoms with van der Waals surface area (Å²) in [6.07, 6.45) is 3.10. The number of aromatic amines is 1. The van der Waals surface area contributed by atoms with Crippen LogP contribution in [-0.2, 0) is 14.3 Å². The van der Waals surface area contributed by atoms with Crippen molar-refractivity contribution in [3.05, 3.63) is 66.2 Å². The predicted molar refractivity (Wildman–Crippen MR) is 154 cm³/mol. The smallest absolute Gasteiger partial charge is 0.316 e. The average molecular weight is 579 g/mol. The third kappa shape index (κ3) is 6.44. The molecule has 5 rings (SSSR count). The summed E-state index contributed by atoms with van der Waals surface area (Å²) in [6, 6.07) is 15.4. The number of H-pyrrole nitrogens is 1. The van der Waals surface area contributed by atoms with Crippen LogP contribution in [-0.4, -0.2) is 60.9 Å². The van der Waals surface area contributed by atoms with Gasteiger partial charge >= 0.3 is 5.97 Å². The van der Waals surface area contributed by atoms with Crippen molar-refractivity contribution in [3.63, 3.8) is 0 Å². The SMILES string of the molecule is COCOc1cc(-n2cncn2)ccc1-c1ccc(-c2nc3nc(SCC(=O)OC(C)(C)C)[nH]c3cc2Cl)cc1. The molecule has 0 bridgehead atoms. The molecule has 0 fully saturated rings. The molecule has 0 aliphatic heterocycles. The number of nitrogens with zero attached hydrogens (tertiary/aromatic N) is 5. The Morgan fingerprint density at radius 1 is 1.07 bits per heavy atom. The molecule has 12 heteroatoms. The highest BCUT2D eigenvalue weighted by molar-refractivity contribution is 7.99. The van der Waals surface area contributed by atoms with Gasteiger partial charge in [0.15, 0.2) is 17.6 Å². The monoisotopic (exact) mass is 578 g/mol. The summed E-state index contributed by atoms with van der Waals surface area (Å²) in [7, 11) is 1.57. The topological polar surface area (TPSA) is 117 Å². The van der Waals surface area contributed by atoms with E-state index in [0.717, 1.165) is 22.4 Å². The molecular weight excluding hydrogens is 552 g/mol. The van der Waals surface area contributed by atoms with E-state index in [0.29, 0.717) is 32.8 Å². The van der Waals surface area contributed by atoms with E-state index in [4.69, 9.17) is 30.8 Å². The summed E-state index contributed by atoms with van der Waals surface area (Å²) in [5.74, 6) is 0.469. The second-order valence-corrected chi connectivity index (χ2v) is 11.1. The van der Waals surface area contributed by atoms with Gasteiger partial charge in [0.1, 0.15) is 24.0 Å². The lowest BCUT2D eigenvalue weighted by atomic mass is 10.0. The van der Waals surface area contributed by atoms with E-state index < -0.39 is 5.60 Å². The molecule has 0 radical (unpaired) electrons. The molecule has 10 nitrogen and oxygen atoms in total. The molecule has 0 aliphatic rings. The lowest BCUT2D eigenvalue weighted by molar-refractivity contribution is -0.151. The number of rotatable bonds is 9. The first-order valence-electron chi connectivity index (χ1n) is 12.3. The van der Waals surface area contributed by atoms with Gasteiger partial charge in [-0.3, -0.25) is 4.79 Å². The molecule has 0 unspecified atom stereocenters. The van der Waals surface area contributed by atoms with Gasteiger partial charge in [0.25, 0.3) is 0 Å². The normalized spacial score (nSPS) is 11.6. The van der Waals surface area contributed by atoms with E-state index in [1.165, 1.54) is 18.1 Å². The number of methoxy groups -OCH3 is 1. The van der Waals surface area contributed by atoms with Crippen molar-refractivity contribution in [1.29, 1.82) is 0 Å². The lowest BCUT2D eigenvalue weighted by Crippen LogP contribution is -2.24. The minimum Gasteiger partial charge on any atom is -0.467 e. The van der Waals surface area contributed by atoms with Crippen molar-refractivity contribution in [2.75, 3.05) is 19.7 Å². The van der Waals surface area contributed by atoms with Crippen LogP contribution in [0.5, 0.6) is 5.75 Å². The number of halogens is 1. The van der Waals surface area contributed by atoms with E-state index in [1.807, 2.05) is 63.2 Å². The van der Waals surface area contributed by atoms with Crippen LogP contribution in [0, 0.1) is 0 Å². The lowest BCUT2D eigenvalue weighted by Gasteiger charge is -2.18. The zero-order chi connectivity index (χ0) is 28.3. The van der Waals surface area contributed by atoms with Crippen molar-refractivity contribution >= 4 is 40.5 Å². The molecule has 0 atom stereocenters. The second kappa shape index (κ2) is 11.7. The number of nitrogens with one attached hydrogen (secondary N) is 1. The fraction of sp³-hybridized carbons (Fsp3) is 0.250. The molecule has 0 saturated heterocycles. The molecule has 0 amide bonds. The van der Waals surface area contributed by atoms with Crippen molar-refractivity contribution < 1.29 is 19.0 Å². The zero-order valence-electron chi connectivity index (χ0n) is 22.3. The third-order valence-electron chi connectivity index (χ3n) is 5.60. The first kappa shape index (κ1) is 27.6. The number of aromatic nitrogens is 6. The number of imidazole rings is 1. The molecule has 5 aromatic rings. The van der Waals surface area contributed by atoms with Crippen molar-refractivity contribution in [1.82, 2.24) is 29.7 Å². The molecule has 3 heterocycles. The predicted octanol–water partition coefficient (Wildman–Crippen LogP) is 5.94. The van der Waals surface area contributed by atoms with Crippen LogP contribution in [0.25, 0.3) is 39.2 Å². The highest BCUT2D eigenvalue weighted by atomic mass is 35.5. The van der Waals surface area contributed by atoms with Crippen molar-refractivity contribution in [2.24, 2.45) is 0 Å². The van der Waals surface area contributed by atoms with Gasteiger partial charge < -0.3 is 19.2 Å². The van der Waals surface area contributed by atoms with Crippen LogP contribution in [0.15, 0.2) is 66.3 Å². The minimum atomic E-state index is -0.537. The Kier molecular flexibility index (Phi) is 8.06. The fourth-order valence-corrected chi connectivity index (χ4v) is 4.85. The number of hydrogen-bond donors (Lipinski definition) is 1. The van der Waals surface area contributed by atoms with Gasteiger partial charge in [-0.1, -0.05) is 47.6 Å². The average Bonchev–Trinajstić information content (AvgIpc) is 3.59. The Morgan fingerprint density at radius 2 is 1.85 bits per heavy atom. The number of esters is 1. The number of ether oxygens (including phenoxy) is 3. The zero-order valence-corrected chi connectivity index (χ0v) is 23.9. The quantitative estimate of drug-likeness (QED) is 0.129. The Morgan fingerprint density at radius 3 is 2.55 bits per heavy atom. The first-order chi connectivity index (χ1) is 19.2. The maximum atomic E-state index is 12.1. The number of carbonyl (C=O) groups is 1. The van der Waals surface area contributed by atoms with E-state index in [-0.39, 0.29) is 18.5 Å². The number of thioether (sulfide) groups is 1. The van der Waals surface area contributed by atoms with E-state index in [2.05, 4.69) is 20.1 Å². The number of hydrogen-bond acceptors (Lipinski definition) is 9. The van der Waals surface area contributed by atoms with E-state index in [1.54, 1.807) is 24.2 Å². The number of pyridine rings is 1. The second-order valence-electron chi connectivity index (χ2n) is 9.76. The molecule has 0 spiro atoms. The summed E-state index contributed by atoms with van der Waals surface area (Å²) in [5.41, 5.74) is 4.74. The Bertz CT molecular complexity index is 1630. The molecule has 206 valence electrons. The van der Waals surface area contributed by atoms with Crippen LogP contribution in [0.4, 0.5) is 0 Å². The summed E-state index contributed by atoms with van der Waals surface area (Å²) in [5, 5.41) is 5.23. The molecule has 0 aliphatic carbocycles. The summed E-state index contributed by atoms with van der Waals surface area (Å²) >= 11 is 7.87. The number of benzene rings is 2. The number of carbonyl (C=O) groups excluding carboxylic acids is 1. The van der Waals surface area contributed by atoms with E-state index >= 15 is 0 Å². The molecule has 40 heavy (non-hydrogen) atoms. The molecule has 0 saturated carbocycles.